The highest BCUT2D eigenvalue weighted by Crippen LogP contribution is 2.32. The molecule has 4 aromatic rings. The van der Waals surface area contributed by atoms with Crippen LogP contribution in [0.25, 0.3) is 33.3 Å². The molecule has 0 aliphatic carbocycles. The Morgan fingerprint density at radius 2 is 1.67 bits per heavy atom. The minimum Gasteiger partial charge on any atom is -0.384 e. The summed E-state index contributed by atoms with van der Waals surface area (Å²) >= 11 is 0. The molecule has 2 saturated heterocycles. The van der Waals surface area contributed by atoms with Gasteiger partial charge < -0.3 is 15.4 Å². The number of ether oxygens (including phenoxy) is 1. The summed E-state index contributed by atoms with van der Waals surface area (Å²) in [6.07, 6.45) is 6.90. The first-order chi connectivity index (χ1) is 17.7. The second-order valence-corrected chi connectivity index (χ2v) is 9.32. The summed E-state index contributed by atoms with van der Waals surface area (Å²) in [6.45, 7) is 5.14. The van der Waals surface area contributed by atoms with Crippen LogP contribution in [-0.4, -0.2) is 70.3 Å². The van der Waals surface area contributed by atoms with Crippen molar-refractivity contribution in [2.75, 3.05) is 50.0 Å². The van der Waals surface area contributed by atoms with E-state index in [1.165, 1.54) is 12.4 Å². The summed E-state index contributed by atoms with van der Waals surface area (Å²) in [4.78, 5) is 22.1. The van der Waals surface area contributed by atoms with Crippen molar-refractivity contribution in [3.05, 3.63) is 60.9 Å². The van der Waals surface area contributed by atoms with Gasteiger partial charge in [0.1, 0.15) is 12.1 Å². The first-order valence-corrected chi connectivity index (χ1v) is 12.3. The van der Waals surface area contributed by atoms with E-state index in [0.29, 0.717) is 28.9 Å². The number of aromatic nitrogens is 4. The largest absolute Gasteiger partial charge is 0.384 e. The van der Waals surface area contributed by atoms with Gasteiger partial charge in [0.25, 0.3) is 0 Å². The normalized spacial score (nSPS) is 17.5. The summed E-state index contributed by atoms with van der Waals surface area (Å²) in [5.41, 5.74) is 9.82. The van der Waals surface area contributed by atoms with Crippen LogP contribution in [0.5, 0.6) is 0 Å². The minimum atomic E-state index is -0.331. The van der Waals surface area contributed by atoms with E-state index in [9.17, 15) is 0 Å². The molecule has 2 fully saturated rings. The molecule has 184 valence electrons. The predicted octanol–water partition coefficient (Wildman–Crippen LogP) is 3.78. The lowest BCUT2D eigenvalue weighted by molar-refractivity contribution is 0.0114. The molecule has 9 heteroatoms. The number of pyridine rings is 2. The second kappa shape index (κ2) is 9.75. The molecule has 1 aromatic carbocycles. The van der Waals surface area contributed by atoms with Gasteiger partial charge in [-0.15, -0.1) is 0 Å². The zero-order valence-corrected chi connectivity index (χ0v) is 20.0. The zero-order valence-electron chi connectivity index (χ0n) is 20.0. The third-order valence-corrected chi connectivity index (χ3v) is 7.17. The molecule has 36 heavy (non-hydrogen) atoms. The maximum Gasteiger partial charge on any atom is 0.166 e. The Labute approximate surface area is 209 Å². The number of halogens is 1. The smallest absolute Gasteiger partial charge is 0.166 e. The van der Waals surface area contributed by atoms with Gasteiger partial charge in [0.15, 0.2) is 11.6 Å². The van der Waals surface area contributed by atoms with E-state index >= 15 is 4.39 Å². The summed E-state index contributed by atoms with van der Waals surface area (Å²) in [5.74, 6) is 0.528. The Bertz CT molecular complexity index is 1380. The number of hydrogen-bond acceptors (Lipinski definition) is 8. The molecule has 0 saturated carbocycles. The van der Waals surface area contributed by atoms with Crippen molar-refractivity contribution < 1.29 is 9.13 Å². The molecule has 0 unspecified atom stereocenters. The summed E-state index contributed by atoms with van der Waals surface area (Å²) < 4.78 is 20.8. The second-order valence-electron chi connectivity index (χ2n) is 9.32. The van der Waals surface area contributed by atoms with Crippen LogP contribution >= 0.6 is 0 Å². The van der Waals surface area contributed by atoms with Crippen molar-refractivity contribution in [3.8, 4) is 22.4 Å². The predicted molar refractivity (Wildman–Crippen MR) is 138 cm³/mol. The lowest BCUT2D eigenvalue weighted by Gasteiger charge is -2.40. The number of morpholine rings is 1. The number of rotatable bonds is 4. The highest BCUT2D eigenvalue weighted by molar-refractivity contribution is 5.95. The number of fused-ring (bicyclic) bond motifs is 1. The third-order valence-electron chi connectivity index (χ3n) is 7.17. The molecule has 6 rings (SSSR count). The van der Waals surface area contributed by atoms with Crippen LogP contribution < -0.4 is 10.6 Å². The van der Waals surface area contributed by atoms with E-state index in [0.717, 1.165) is 74.3 Å². The molecule has 2 N–H and O–H groups in total. The number of benzene rings is 1. The fourth-order valence-electron chi connectivity index (χ4n) is 5.27. The molecule has 0 amide bonds. The lowest BCUT2D eigenvalue weighted by Crippen LogP contribution is -2.49. The average molecular weight is 486 g/mol. The van der Waals surface area contributed by atoms with Gasteiger partial charge >= 0.3 is 0 Å². The van der Waals surface area contributed by atoms with Gasteiger partial charge in [-0.25, -0.2) is 24.3 Å². The van der Waals surface area contributed by atoms with Crippen LogP contribution in [0.3, 0.4) is 0 Å². The number of anilines is 2. The van der Waals surface area contributed by atoms with Gasteiger partial charge in [0, 0.05) is 55.6 Å². The van der Waals surface area contributed by atoms with Crippen molar-refractivity contribution >= 4 is 22.5 Å². The Kier molecular flexibility index (Phi) is 6.16. The summed E-state index contributed by atoms with van der Waals surface area (Å²) in [6, 6.07) is 11.7. The number of nitrogens with two attached hydrogens (primary N) is 1. The zero-order chi connectivity index (χ0) is 24.5. The van der Waals surface area contributed by atoms with E-state index in [2.05, 4.69) is 29.7 Å². The summed E-state index contributed by atoms with van der Waals surface area (Å²) in [7, 11) is 0. The van der Waals surface area contributed by atoms with Gasteiger partial charge in [-0.05, 0) is 54.3 Å². The Morgan fingerprint density at radius 3 is 2.44 bits per heavy atom. The molecular formula is C27H28FN7O. The molecule has 8 nitrogen and oxygen atoms in total. The van der Waals surface area contributed by atoms with Crippen LogP contribution in [0, 0.1) is 5.82 Å². The van der Waals surface area contributed by atoms with Gasteiger partial charge in [0.05, 0.1) is 24.4 Å². The quantitative estimate of drug-likeness (QED) is 0.467. The first kappa shape index (κ1) is 22.8. The van der Waals surface area contributed by atoms with Crippen LogP contribution in [0.4, 0.5) is 16.0 Å². The fraction of sp³-hybridized carbons (Fsp3) is 0.333. The molecule has 0 spiro atoms. The maximum atomic E-state index is 15.4. The van der Waals surface area contributed by atoms with Gasteiger partial charge in [-0.1, -0.05) is 6.07 Å². The highest BCUT2D eigenvalue weighted by Gasteiger charge is 2.27. The van der Waals surface area contributed by atoms with Crippen molar-refractivity contribution in [2.45, 2.75) is 18.9 Å². The molecule has 5 heterocycles. The lowest BCUT2D eigenvalue weighted by atomic mass is 10.0. The molecule has 0 radical (unpaired) electrons. The van der Waals surface area contributed by atoms with Gasteiger partial charge in [-0.3, -0.25) is 4.90 Å². The summed E-state index contributed by atoms with van der Waals surface area (Å²) in [5, 5.41) is 0.825. The Hall–Kier alpha value is -3.69. The van der Waals surface area contributed by atoms with Crippen molar-refractivity contribution in [1.29, 1.82) is 0 Å². The first-order valence-electron chi connectivity index (χ1n) is 12.3. The van der Waals surface area contributed by atoms with Crippen molar-refractivity contribution in [2.24, 2.45) is 0 Å². The molecule has 0 bridgehead atoms. The van der Waals surface area contributed by atoms with Crippen LogP contribution in [-0.2, 0) is 4.74 Å². The third kappa shape index (κ3) is 4.47. The van der Waals surface area contributed by atoms with Crippen LogP contribution in [0.2, 0.25) is 0 Å². The van der Waals surface area contributed by atoms with E-state index in [4.69, 9.17) is 10.5 Å². The number of nitrogens with zero attached hydrogens (tertiary/aromatic N) is 6. The molecular weight excluding hydrogens is 457 g/mol. The number of nitrogen functional groups attached to an aromatic ring is 1. The molecule has 2 aliphatic rings. The molecule has 0 atom stereocenters. The van der Waals surface area contributed by atoms with E-state index < -0.39 is 0 Å². The van der Waals surface area contributed by atoms with E-state index in [1.807, 2.05) is 30.3 Å². The standard InChI is InChI=1S/C27H28FN7O/c28-23-14-20(16-31-27(23)35-7-4-21(5-8-35)34-9-11-36-12-10-34)26-22-13-18(1-2-24(22)32-17-33-26)19-3-6-30-25(29)15-19/h1-3,6,13-17,21H,4-5,7-12H2,(H2,29,30). The van der Waals surface area contributed by atoms with Crippen LogP contribution in [0.15, 0.2) is 55.1 Å². The minimum absolute atomic E-state index is 0.331. The number of hydrogen-bond donors (Lipinski definition) is 1. The highest BCUT2D eigenvalue weighted by atomic mass is 19.1. The van der Waals surface area contributed by atoms with E-state index in [-0.39, 0.29) is 5.82 Å². The van der Waals surface area contributed by atoms with Gasteiger partial charge in [-0.2, -0.15) is 0 Å². The Morgan fingerprint density at radius 1 is 0.861 bits per heavy atom. The topological polar surface area (TPSA) is 93.3 Å². The van der Waals surface area contributed by atoms with Crippen molar-refractivity contribution in [3.63, 3.8) is 0 Å². The maximum absolute atomic E-state index is 15.4. The fourth-order valence-corrected chi connectivity index (χ4v) is 5.27. The van der Waals surface area contributed by atoms with Gasteiger partial charge in [0.2, 0.25) is 0 Å². The van der Waals surface area contributed by atoms with Crippen LogP contribution in [0.1, 0.15) is 12.8 Å². The van der Waals surface area contributed by atoms with Crippen molar-refractivity contribution in [1.82, 2.24) is 24.8 Å². The van der Waals surface area contributed by atoms with E-state index in [1.54, 1.807) is 12.4 Å². The average Bonchev–Trinajstić information content (AvgIpc) is 2.93. The monoisotopic (exact) mass is 485 g/mol. The molecule has 2 aliphatic heterocycles. The number of piperidine rings is 1. The SMILES string of the molecule is Nc1cc(-c2ccc3ncnc(-c4cnc(N5CCC(N6CCOCC6)CC5)c(F)c4)c3c2)ccn1. The Balaban J connectivity index is 1.26. The molecule has 3 aromatic heterocycles.